The molecule has 6 rings (SSSR count). The Labute approximate surface area is 186 Å². The zero-order valence-corrected chi connectivity index (χ0v) is 19.0. The minimum absolute atomic E-state index is 0.00666. The molecule has 7 nitrogen and oxygen atoms in total. The van der Waals surface area contributed by atoms with E-state index in [9.17, 15) is 18.4 Å². The molecule has 0 aliphatic heterocycles. The molecular formula is C21H26BrN3O4S. The van der Waals surface area contributed by atoms with E-state index in [4.69, 9.17) is 5.73 Å². The van der Waals surface area contributed by atoms with E-state index in [1.54, 1.807) is 18.2 Å². The van der Waals surface area contributed by atoms with Crippen molar-refractivity contribution < 1.29 is 18.4 Å². The number of hydrogen-bond acceptors (Lipinski definition) is 3. The first-order valence-electron chi connectivity index (χ1n) is 10.5. The van der Waals surface area contributed by atoms with E-state index >= 15 is 0 Å². The fourth-order valence-electron chi connectivity index (χ4n) is 6.57. The Bertz CT molecular complexity index is 921. The lowest BCUT2D eigenvalue weighted by Gasteiger charge is -2.59. The summed E-state index contributed by atoms with van der Waals surface area (Å²) in [5.41, 5.74) is 4.89. The van der Waals surface area contributed by atoms with Crippen molar-refractivity contribution in [3.63, 3.8) is 0 Å². The first kappa shape index (κ1) is 20.5. The number of carbonyl (C=O) groups is 2. The number of primary amides is 1. The fraction of sp³-hybridized carbons (Fsp3) is 0.619. The zero-order chi connectivity index (χ0) is 21.3. The molecular weight excluding hydrogens is 470 g/mol. The summed E-state index contributed by atoms with van der Waals surface area (Å²) in [6, 6.07) is 7.16. The van der Waals surface area contributed by atoms with Crippen LogP contribution >= 0.6 is 15.9 Å². The van der Waals surface area contributed by atoms with E-state index in [2.05, 4.69) is 21.2 Å². The molecule has 1 aromatic carbocycles. The Morgan fingerprint density at radius 2 is 1.80 bits per heavy atom. The first-order valence-corrected chi connectivity index (χ1v) is 12.4. The molecule has 5 aliphatic rings. The highest BCUT2D eigenvalue weighted by Gasteiger charge is 2.61. The molecule has 30 heavy (non-hydrogen) atoms. The summed E-state index contributed by atoms with van der Waals surface area (Å²) in [7, 11) is 0. The van der Waals surface area contributed by atoms with Gasteiger partial charge in [-0.25, -0.2) is 4.21 Å². The smallest absolute Gasteiger partial charge is 0.262 e. The Kier molecular flexibility index (Phi) is 4.79. The average Bonchev–Trinajstić information content (AvgIpc) is 3.47. The van der Waals surface area contributed by atoms with Gasteiger partial charge in [-0.05, 0) is 90.8 Å². The number of nitrogens with zero attached hydrogens (tertiary/aromatic N) is 1. The molecule has 2 amide bonds. The highest BCUT2D eigenvalue weighted by atomic mass is 79.9. The van der Waals surface area contributed by atoms with Gasteiger partial charge in [-0.1, -0.05) is 12.1 Å². The summed E-state index contributed by atoms with van der Waals surface area (Å²) in [6.45, 7) is 0. The van der Waals surface area contributed by atoms with Gasteiger partial charge in [0.25, 0.3) is 11.3 Å². The van der Waals surface area contributed by atoms with Gasteiger partial charge in [-0.2, -0.15) is 0 Å². The van der Waals surface area contributed by atoms with Crippen molar-refractivity contribution in [1.82, 2.24) is 5.32 Å². The van der Waals surface area contributed by atoms with Crippen molar-refractivity contribution >= 4 is 44.7 Å². The van der Waals surface area contributed by atoms with Gasteiger partial charge in [0.1, 0.15) is 5.54 Å². The van der Waals surface area contributed by atoms with Crippen LogP contribution in [0.3, 0.4) is 0 Å². The van der Waals surface area contributed by atoms with Crippen LogP contribution in [0.1, 0.15) is 44.9 Å². The number of nitrogens with two attached hydrogens (primary N) is 1. The molecule has 0 heterocycles. The van der Waals surface area contributed by atoms with Crippen LogP contribution in [0.5, 0.6) is 0 Å². The van der Waals surface area contributed by atoms with Crippen LogP contribution in [-0.2, 0) is 20.9 Å². The van der Waals surface area contributed by atoms with Gasteiger partial charge < -0.3 is 11.1 Å². The Morgan fingerprint density at radius 1 is 1.17 bits per heavy atom. The highest BCUT2D eigenvalue weighted by molar-refractivity contribution is 9.10. The molecule has 0 aromatic heterocycles. The minimum atomic E-state index is -2.33. The number of hydrogen-bond donors (Lipinski definition) is 3. The van der Waals surface area contributed by atoms with Gasteiger partial charge in [0.05, 0.1) is 5.69 Å². The van der Waals surface area contributed by atoms with Crippen LogP contribution in [0, 0.1) is 23.2 Å². The third-order valence-corrected chi connectivity index (χ3v) is 9.39. The first-order chi connectivity index (χ1) is 14.3. The number of amides is 2. The van der Waals surface area contributed by atoms with Crippen LogP contribution in [0.25, 0.3) is 0 Å². The Balaban J connectivity index is 1.39. The molecule has 5 saturated carbocycles. The molecule has 0 saturated heterocycles. The van der Waals surface area contributed by atoms with E-state index in [0.717, 1.165) is 32.1 Å². The minimum Gasteiger partial charge on any atom is -0.369 e. The monoisotopic (exact) mass is 495 g/mol. The molecule has 1 aromatic rings. The van der Waals surface area contributed by atoms with E-state index in [1.165, 1.54) is 4.31 Å². The maximum Gasteiger partial charge on any atom is 0.262 e. The van der Waals surface area contributed by atoms with E-state index in [-0.39, 0.29) is 29.7 Å². The summed E-state index contributed by atoms with van der Waals surface area (Å²) in [5, 5.41) is 3.25. The maximum atomic E-state index is 13.5. The average molecular weight is 496 g/mol. The fourth-order valence-corrected chi connectivity index (χ4v) is 8.04. The number of carbonyl (C=O) groups excluding carboxylic acids is 2. The molecule has 3 unspecified atom stereocenters. The van der Waals surface area contributed by atoms with Gasteiger partial charge in [0, 0.05) is 15.9 Å². The van der Waals surface area contributed by atoms with Crippen molar-refractivity contribution in [1.29, 1.82) is 0 Å². The summed E-state index contributed by atoms with van der Waals surface area (Å²) in [6.07, 6.45) is 5.47. The van der Waals surface area contributed by atoms with Gasteiger partial charge in [-0.15, -0.1) is 0 Å². The number of benzene rings is 1. The maximum absolute atomic E-state index is 13.5. The summed E-state index contributed by atoms with van der Waals surface area (Å²) < 4.78 is 24.3. The van der Waals surface area contributed by atoms with Gasteiger partial charge >= 0.3 is 0 Å². The summed E-state index contributed by atoms with van der Waals surface area (Å²) in [5.74, 6) is 0.632. The second-order valence-corrected chi connectivity index (χ2v) is 11.3. The van der Waals surface area contributed by atoms with Crippen LogP contribution in [0.15, 0.2) is 28.7 Å². The summed E-state index contributed by atoms with van der Waals surface area (Å²) >= 11 is 1.11. The second kappa shape index (κ2) is 7.03. The quantitative estimate of drug-likeness (QED) is 0.526. The lowest BCUT2D eigenvalue weighted by atomic mass is 9.47. The predicted octanol–water partition coefficient (Wildman–Crippen LogP) is 2.72. The normalized spacial score (nSPS) is 36.2. The zero-order valence-electron chi connectivity index (χ0n) is 16.6. The number of halogens is 1. The number of anilines is 1. The number of nitrogens with one attached hydrogen (secondary N) is 1. The molecule has 3 atom stereocenters. The SMILES string of the molecule is NC(=O)C12CC3CC(C1)C(NC(=O)C1(N(c4ccccc4Br)S(=O)O)CC1)C(C3)C2. The molecule has 0 spiro atoms. The molecule has 5 aliphatic carbocycles. The third-order valence-electron chi connectivity index (χ3n) is 7.86. The predicted molar refractivity (Wildman–Crippen MR) is 116 cm³/mol. The lowest BCUT2D eigenvalue weighted by molar-refractivity contribution is -0.147. The molecule has 9 heteroatoms. The Morgan fingerprint density at radius 3 is 2.33 bits per heavy atom. The topological polar surface area (TPSA) is 113 Å². The summed E-state index contributed by atoms with van der Waals surface area (Å²) in [4.78, 5) is 25.6. The van der Waals surface area contributed by atoms with Crippen molar-refractivity contribution in [2.75, 3.05) is 4.31 Å². The standard InChI is InChI=1S/C21H26BrN3O4S/c22-15-3-1-2-4-16(15)25(30(28)29)21(5-6-21)19(27)24-17-13-7-12-8-14(17)11-20(9-12,10-13)18(23)26/h1-4,12-14,17H,5-11H2,(H2,23,26)(H,24,27)(H,28,29). The Hall–Kier alpha value is -1.45. The van der Waals surface area contributed by atoms with E-state index < -0.39 is 22.2 Å². The van der Waals surface area contributed by atoms with Gasteiger partial charge in [-0.3, -0.25) is 18.4 Å². The molecule has 0 radical (unpaired) electrons. The van der Waals surface area contributed by atoms with Crippen LogP contribution in [-0.4, -0.2) is 32.2 Å². The third kappa shape index (κ3) is 3.04. The van der Waals surface area contributed by atoms with Gasteiger partial charge in [0.2, 0.25) is 11.8 Å². The lowest BCUT2D eigenvalue weighted by Crippen LogP contribution is -2.64. The van der Waals surface area contributed by atoms with Crippen LogP contribution in [0.4, 0.5) is 5.69 Å². The highest BCUT2D eigenvalue weighted by Crippen LogP contribution is 2.60. The van der Waals surface area contributed by atoms with Crippen molar-refractivity contribution in [3.8, 4) is 0 Å². The number of rotatable bonds is 6. The molecule has 4 bridgehead atoms. The van der Waals surface area contributed by atoms with Crippen LogP contribution < -0.4 is 15.4 Å². The van der Waals surface area contributed by atoms with Crippen molar-refractivity contribution in [3.05, 3.63) is 28.7 Å². The molecule has 5 fully saturated rings. The molecule has 4 N–H and O–H groups in total. The number of para-hydroxylation sites is 1. The molecule has 162 valence electrons. The van der Waals surface area contributed by atoms with Crippen molar-refractivity contribution in [2.45, 2.75) is 56.5 Å². The van der Waals surface area contributed by atoms with Crippen LogP contribution in [0.2, 0.25) is 0 Å². The van der Waals surface area contributed by atoms with E-state index in [0.29, 0.717) is 28.9 Å². The second-order valence-electron chi connectivity index (χ2n) is 9.62. The van der Waals surface area contributed by atoms with Gasteiger partial charge in [0.15, 0.2) is 0 Å². The largest absolute Gasteiger partial charge is 0.369 e. The van der Waals surface area contributed by atoms with E-state index in [1.807, 2.05) is 6.07 Å². The van der Waals surface area contributed by atoms with Crippen molar-refractivity contribution in [2.24, 2.45) is 28.9 Å².